The average molecular weight is 195 g/mol. The van der Waals surface area contributed by atoms with Crippen molar-refractivity contribution in [3.8, 4) is 0 Å². The van der Waals surface area contributed by atoms with Crippen molar-refractivity contribution in [1.82, 2.24) is 0 Å². The van der Waals surface area contributed by atoms with Gasteiger partial charge in [0, 0.05) is 12.0 Å². The Morgan fingerprint density at radius 1 is 1.43 bits per heavy atom. The van der Waals surface area contributed by atoms with Gasteiger partial charge in [-0.15, -0.1) is 0 Å². The third-order valence-electron chi connectivity index (χ3n) is 3.12. The van der Waals surface area contributed by atoms with Crippen LogP contribution < -0.4 is 5.73 Å². The Hall–Kier alpha value is -0.800. The van der Waals surface area contributed by atoms with Gasteiger partial charge in [-0.3, -0.25) is 0 Å². The lowest BCUT2D eigenvalue weighted by atomic mass is 9.81. The highest BCUT2D eigenvalue weighted by Gasteiger charge is 2.30. The van der Waals surface area contributed by atoms with Crippen molar-refractivity contribution < 1.29 is 9.52 Å². The first kappa shape index (κ1) is 9.74. The molecule has 14 heavy (non-hydrogen) atoms. The molecule has 0 saturated heterocycles. The Morgan fingerprint density at radius 2 is 2.21 bits per heavy atom. The Balaban J connectivity index is 2.06. The van der Waals surface area contributed by atoms with Crippen LogP contribution in [0.15, 0.2) is 22.8 Å². The van der Waals surface area contributed by atoms with Crippen LogP contribution in [-0.2, 0) is 0 Å². The summed E-state index contributed by atoms with van der Waals surface area (Å²) in [4.78, 5) is 0. The predicted molar refractivity (Wildman–Crippen MR) is 53.6 cm³/mol. The molecular weight excluding hydrogens is 178 g/mol. The summed E-state index contributed by atoms with van der Waals surface area (Å²) in [6.45, 7) is 0. The lowest BCUT2D eigenvalue weighted by Gasteiger charge is -2.31. The van der Waals surface area contributed by atoms with Crippen LogP contribution in [0.3, 0.4) is 0 Å². The maximum absolute atomic E-state index is 10.0. The van der Waals surface area contributed by atoms with Crippen LogP contribution in [0.1, 0.15) is 37.5 Å². The van der Waals surface area contributed by atoms with Crippen molar-refractivity contribution in [3.63, 3.8) is 0 Å². The smallest absolute Gasteiger partial charge is 0.132 e. The molecule has 3 nitrogen and oxygen atoms in total. The molecule has 0 spiro atoms. The number of rotatable bonds is 2. The number of furan rings is 1. The molecule has 0 aliphatic heterocycles. The molecule has 3 N–H and O–H groups in total. The van der Waals surface area contributed by atoms with Crippen LogP contribution >= 0.6 is 0 Å². The lowest BCUT2D eigenvalue weighted by Crippen LogP contribution is -2.36. The van der Waals surface area contributed by atoms with Crippen molar-refractivity contribution in [1.29, 1.82) is 0 Å². The van der Waals surface area contributed by atoms with Gasteiger partial charge in [-0.1, -0.05) is 12.8 Å². The summed E-state index contributed by atoms with van der Waals surface area (Å²) >= 11 is 0. The van der Waals surface area contributed by atoms with Crippen LogP contribution in [0.5, 0.6) is 0 Å². The number of aliphatic hydroxyl groups excluding tert-OH is 1. The van der Waals surface area contributed by atoms with Crippen molar-refractivity contribution in [2.24, 2.45) is 11.7 Å². The molecular formula is C11H17NO2. The highest BCUT2D eigenvalue weighted by molar-refractivity contribution is 5.04. The zero-order chi connectivity index (χ0) is 9.97. The molecule has 0 bridgehead atoms. The number of hydrogen-bond donors (Lipinski definition) is 2. The molecule has 0 radical (unpaired) electrons. The first-order valence-electron chi connectivity index (χ1n) is 5.26. The largest absolute Gasteiger partial charge is 0.467 e. The molecule has 1 aliphatic rings. The normalized spacial score (nSPS) is 30.1. The minimum absolute atomic E-state index is 0.115. The standard InChI is InChI=1S/C11H17NO2/c12-9-5-2-1-4-8(9)11(13)10-6-3-7-14-10/h3,6-9,11,13H,1-2,4-5,12H2. The van der Waals surface area contributed by atoms with Gasteiger partial charge in [0.05, 0.1) is 6.26 Å². The fraction of sp³-hybridized carbons (Fsp3) is 0.636. The summed E-state index contributed by atoms with van der Waals surface area (Å²) in [6.07, 6.45) is 5.43. The molecule has 3 heteroatoms. The minimum Gasteiger partial charge on any atom is -0.467 e. The molecule has 0 amide bonds. The summed E-state index contributed by atoms with van der Waals surface area (Å²) in [5, 5.41) is 10.0. The number of nitrogens with two attached hydrogens (primary N) is 1. The molecule has 1 saturated carbocycles. The summed E-state index contributed by atoms with van der Waals surface area (Å²) in [5.74, 6) is 0.808. The van der Waals surface area contributed by atoms with Crippen LogP contribution in [-0.4, -0.2) is 11.1 Å². The Morgan fingerprint density at radius 3 is 2.86 bits per heavy atom. The fourth-order valence-corrected chi connectivity index (χ4v) is 2.25. The molecule has 2 rings (SSSR count). The number of aliphatic hydroxyl groups is 1. The highest BCUT2D eigenvalue weighted by Crippen LogP contribution is 2.33. The Bertz CT molecular complexity index is 271. The van der Waals surface area contributed by atoms with E-state index in [2.05, 4.69) is 0 Å². The highest BCUT2D eigenvalue weighted by atomic mass is 16.4. The van der Waals surface area contributed by atoms with Gasteiger partial charge < -0.3 is 15.3 Å². The van der Waals surface area contributed by atoms with E-state index in [0.29, 0.717) is 5.76 Å². The second kappa shape index (κ2) is 4.15. The van der Waals surface area contributed by atoms with Crippen LogP contribution in [0.4, 0.5) is 0 Å². The lowest BCUT2D eigenvalue weighted by molar-refractivity contribution is 0.0541. The van der Waals surface area contributed by atoms with Gasteiger partial charge in [0.1, 0.15) is 11.9 Å². The van der Waals surface area contributed by atoms with Gasteiger partial charge in [0.15, 0.2) is 0 Å². The Labute approximate surface area is 83.9 Å². The van der Waals surface area contributed by atoms with E-state index in [9.17, 15) is 5.11 Å². The summed E-state index contributed by atoms with van der Waals surface area (Å²) in [5.41, 5.74) is 5.98. The second-order valence-corrected chi connectivity index (χ2v) is 4.07. The quantitative estimate of drug-likeness (QED) is 0.756. The van der Waals surface area contributed by atoms with E-state index >= 15 is 0 Å². The molecule has 1 aromatic heterocycles. The molecule has 1 fully saturated rings. The minimum atomic E-state index is -0.528. The summed E-state index contributed by atoms with van der Waals surface area (Å²) in [6, 6.07) is 3.72. The van der Waals surface area contributed by atoms with Crippen molar-refractivity contribution in [2.45, 2.75) is 37.8 Å². The maximum Gasteiger partial charge on any atom is 0.132 e. The van der Waals surface area contributed by atoms with E-state index < -0.39 is 6.10 Å². The van der Waals surface area contributed by atoms with Gasteiger partial charge in [-0.2, -0.15) is 0 Å². The van der Waals surface area contributed by atoms with Crippen molar-refractivity contribution in [2.75, 3.05) is 0 Å². The van der Waals surface area contributed by atoms with Crippen LogP contribution in [0.2, 0.25) is 0 Å². The Kier molecular flexibility index (Phi) is 2.89. The first-order valence-corrected chi connectivity index (χ1v) is 5.26. The first-order chi connectivity index (χ1) is 6.79. The molecule has 78 valence electrons. The predicted octanol–water partition coefficient (Wildman–Crippen LogP) is 1.83. The summed E-state index contributed by atoms with van der Waals surface area (Å²) in [7, 11) is 0. The topological polar surface area (TPSA) is 59.4 Å². The van der Waals surface area contributed by atoms with Crippen LogP contribution in [0.25, 0.3) is 0 Å². The molecule has 3 unspecified atom stereocenters. The fourth-order valence-electron chi connectivity index (χ4n) is 2.25. The number of hydrogen-bond acceptors (Lipinski definition) is 3. The van der Waals surface area contributed by atoms with Crippen molar-refractivity contribution in [3.05, 3.63) is 24.2 Å². The summed E-state index contributed by atoms with van der Waals surface area (Å²) < 4.78 is 5.19. The third-order valence-corrected chi connectivity index (χ3v) is 3.12. The zero-order valence-electron chi connectivity index (χ0n) is 8.23. The zero-order valence-corrected chi connectivity index (χ0v) is 8.23. The van der Waals surface area contributed by atoms with Crippen molar-refractivity contribution >= 4 is 0 Å². The SMILES string of the molecule is NC1CCCCC1C(O)c1ccco1. The second-order valence-electron chi connectivity index (χ2n) is 4.07. The van der Waals surface area contributed by atoms with Gasteiger partial charge in [-0.25, -0.2) is 0 Å². The monoisotopic (exact) mass is 195 g/mol. The van der Waals surface area contributed by atoms with E-state index in [0.717, 1.165) is 19.3 Å². The van der Waals surface area contributed by atoms with Gasteiger partial charge in [0.2, 0.25) is 0 Å². The van der Waals surface area contributed by atoms with E-state index in [1.165, 1.54) is 6.42 Å². The molecule has 0 aromatic carbocycles. The van der Waals surface area contributed by atoms with E-state index in [1.54, 1.807) is 12.3 Å². The molecule has 3 atom stereocenters. The van der Waals surface area contributed by atoms with Gasteiger partial charge in [0.25, 0.3) is 0 Å². The molecule has 1 aromatic rings. The van der Waals surface area contributed by atoms with Gasteiger partial charge >= 0.3 is 0 Å². The van der Waals surface area contributed by atoms with E-state index in [4.69, 9.17) is 10.2 Å². The third kappa shape index (κ3) is 1.83. The van der Waals surface area contributed by atoms with E-state index in [1.807, 2.05) is 6.07 Å². The van der Waals surface area contributed by atoms with Crippen LogP contribution in [0, 0.1) is 5.92 Å². The molecule has 1 aliphatic carbocycles. The average Bonchev–Trinajstić information content (AvgIpc) is 2.70. The van der Waals surface area contributed by atoms with E-state index in [-0.39, 0.29) is 12.0 Å². The molecule has 1 heterocycles. The van der Waals surface area contributed by atoms with Gasteiger partial charge in [-0.05, 0) is 25.0 Å². The maximum atomic E-state index is 10.0.